The van der Waals surface area contributed by atoms with Crippen LogP contribution in [0.2, 0.25) is 5.02 Å². The van der Waals surface area contributed by atoms with Crippen molar-refractivity contribution in [2.24, 2.45) is 0 Å². The van der Waals surface area contributed by atoms with Crippen molar-refractivity contribution in [2.75, 3.05) is 17.2 Å². The molecule has 0 bridgehead atoms. The molecule has 1 N–H and O–H groups in total. The van der Waals surface area contributed by atoms with E-state index in [9.17, 15) is 9.59 Å². The molecular formula is C30H25ClN4O3S2. The lowest BCUT2D eigenvalue weighted by atomic mass is 10.0. The highest BCUT2D eigenvalue weighted by molar-refractivity contribution is 8.00. The first-order valence-corrected chi connectivity index (χ1v) is 15.0. The number of thioether (sulfide) groups is 1. The number of nitrogens with zero attached hydrogens (tertiary/aromatic N) is 3. The van der Waals surface area contributed by atoms with Crippen LogP contribution in [0.25, 0.3) is 16.3 Å². The molecule has 7 nitrogen and oxygen atoms in total. The fourth-order valence-corrected chi connectivity index (χ4v) is 6.92. The van der Waals surface area contributed by atoms with Gasteiger partial charge < -0.3 is 9.73 Å². The molecule has 10 heteroatoms. The van der Waals surface area contributed by atoms with Gasteiger partial charge in [-0.3, -0.25) is 14.5 Å². The fourth-order valence-electron chi connectivity index (χ4n) is 4.81. The second-order valence-electron chi connectivity index (χ2n) is 9.34. The molecule has 0 saturated heterocycles. The third kappa shape index (κ3) is 5.20. The summed E-state index contributed by atoms with van der Waals surface area (Å²) in [5.74, 6) is 0.951. The van der Waals surface area contributed by atoms with Crippen LogP contribution in [0, 0.1) is 6.92 Å². The summed E-state index contributed by atoms with van der Waals surface area (Å²) in [6.45, 7) is 2.09. The molecule has 1 unspecified atom stereocenters. The zero-order valence-electron chi connectivity index (χ0n) is 21.5. The number of thiophene rings is 1. The van der Waals surface area contributed by atoms with Crippen molar-refractivity contribution in [1.29, 1.82) is 0 Å². The van der Waals surface area contributed by atoms with Gasteiger partial charge in [-0.15, -0.1) is 23.1 Å². The summed E-state index contributed by atoms with van der Waals surface area (Å²) in [4.78, 5) is 29.6. The Labute approximate surface area is 244 Å². The zero-order valence-corrected chi connectivity index (χ0v) is 23.9. The van der Waals surface area contributed by atoms with Crippen LogP contribution in [0.5, 0.6) is 0 Å². The predicted molar refractivity (Wildman–Crippen MR) is 160 cm³/mol. The summed E-state index contributed by atoms with van der Waals surface area (Å²) in [5.41, 5.74) is 4.46. The molecule has 1 aliphatic rings. The highest BCUT2D eigenvalue weighted by atomic mass is 35.5. The van der Waals surface area contributed by atoms with Gasteiger partial charge in [-0.1, -0.05) is 48.0 Å². The Morgan fingerprint density at radius 1 is 1.12 bits per heavy atom. The highest BCUT2D eigenvalue weighted by Gasteiger charge is 2.38. The summed E-state index contributed by atoms with van der Waals surface area (Å²) in [6, 6.07) is 23.2. The topological polar surface area (TPSA) is 80.4 Å². The molecule has 5 aromatic rings. The number of aryl methyl sites for hydroxylation is 1. The minimum Gasteiger partial charge on any atom is -0.467 e. The number of fused-ring (bicyclic) bond motifs is 1. The van der Waals surface area contributed by atoms with E-state index in [1.54, 1.807) is 34.6 Å². The fraction of sp³-hybridized carbons (Fsp3) is 0.167. The first-order valence-electron chi connectivity index (χ1n) is 12.7. The van der Waals surface area contributed by atoms with Crippen molar-refractivity contribution in [3.05, 3.63) is 112 Å². The number of hydrogen-bond acceptors (Lipinski definition) is 6. The average molecular weight is 589 g/mol. The Morgan fingerprint density at radius 3 is 2.75 bits per heavy atom. The quantitative estimate of drug-likeness (QED) is 0.230. The van der Waals surface area contributed by atoms with Crippen LogP contribution in [0.1, 0.15) is 27.7 Å². The van der Waals surface area contributed by atoms with E-state index < -0.39 is 0 Å². The molecule has 0 radical (unpaired) electrons. The van der Waals surface area contributed by atoms with Crippen LogP contribution >= 0.6 is 34.7 Å². The second-order valence-corrected chi connectivity index (χ2v) is 11.8. The maximum absolute atomic E-state index is 13.8. The normalized spacial score (nSPS) is 15.1. The minimum atomic E-state index is -0.294. The lowest BCUT2D eigenvalue weighted by Crippen LogP contribution is -2.42. The van der Waals surface area contributed by atoms with Gasteiger partial charge in [-0.25, -0.2) is 4.68 Å². The number of para-hydroxylation sites is 1. The summed E-state index contributed by atoms with van der Waals surface area (Å²) in [7, 11) is 0. The lowest BCUT2D eigenvalue weighted by Gasteiger charge is -2.23. The molecule has 6 rings (SSSR count). The molecule has 0 fully saturated rings. The van der Waals surface area contributed by atoms with E-state index in [2.05, 4.69) is 5.32 Å². The van der Waals surface area contributed by atoms with Gasteiger partial charge in [0.05, 0.1) is 34.4 Å². The third-order valence-electron chi connectivity index (χ3n) is 6.68. The van der Waals surface area contributed by atoms with Crippen LogP contribution in [-0.4, -0.2) is 33.9 Å². The van der Waals surface area contributed by atoms with Crippen LogP contribution in [0.3, 0.4) is 0 Å². The van der Waals surface area contributed by atoms with Crippen LogP contribution in [-0.2, 0) is 16.1 Å². The number of aromatic nitrogens is 2. The lowest BCUT2D eigenvalue weighted by molar-refractivity contribution is -0.123. The molecule has 2 amide bonds. The van der Waals surface area contributed by atoms with Gasteiger partial charge in [-0.2, -0.15) is 5.10 Å². The van der Waals surface area contributed by atoms with E-state index in [-0.39, 0.29) is 35.9 Å². The first kappa shape index (κ1) is 26.4. The average Bonchev–Trinajstić information content (AvgIpc) is 3.72. The number of furan rings is 1. The van der Waals surface area contributed by atoms with E-state index >= 15 is 0 Å². The van der Waals surface area contributed by atoms with Crippen LogP contribution in [0.4, 0.5) is 5.82 Å². The molecular weight excluding hydrogens is 564 g/mol. The second kappa shape index (κ2) is 11.4. The molecule has 0 saturated carbocycles. The highest BCUT2D eigenvalue weighted by Crippen LogP contribution is 2.49. The minimum absolute atomic E-state index is 0.156. The number of carbonyl (C=O) groups excluding carboxylic acids is 2. The summed E-state index contributed by atoms with van der Waals surface area (Å²) < 4.78 is 7.18. The number of benzene rings is 2. The van der Waals surface area contributed by atoms with Crippen molar-refractivity contribution in [1.82, 2.24) is 15.1 Å². The standard InChI is InChI=1S/C30H25ClN4O3S2/c1-19-7-2-3-11-23(19)35-30-27(28(33-35)24-12-6-14-39-24)29(20-8-4-9-21(31)15-20)40-18-26(37)34(30)17-25(36)32-16-22-10-5-13-38-22/h2-15,29H,16-18H2,1H3,(H,32,36). The zero-order chi connectivity index (χ0) is 27.6. The van der Waals surface area contributed by atoms with Crippen molar-refractivity contribution < 1.29 is 14.0 Å². The van der Waals surface area contributed by atoms with Crippen molar-refractivity contribution in [3.63, 3.8) is 0 Å². The number of hydrogen-bond donors (Lipinski definition) is 1. The third-order valence-corrected chi connectivity index (χ3v) is 9.05. The molecule has 2 aromatic carbocycles. The van der Waals surface area contributed by atoms with Crippen LogP contribution < -0.4 is 10.2 Å². The number of rotatable bonds is 7. The van der Waals surface area contributed by atoms with Crippen LogP contribution in [0.15, 0.2) is 88.9 Å². The Bertz CT molecular complexity index is 1660. The van der Waals surface area contributed by atoms with E-state index in [0.717, 1.165) is 32.9 Å². The Hall–Kier alpha value is -3.79. The van der Waals surface area contributed by atoms with E-state index in [1.165, 1.54) is 11.8 Å². The molecule has 3 aromatic heterocycles. The van der Waals surface area contributed by atoms with E-state index in [0.29, 0.717) is 16.6 Å². The number of amides is 2. The molecule has 40 heavy (non-hydrogen) atoms. The smallest absolute Gasteiger partial charge is 0.240 e. The maximum Gasteiger partial charge on any atom is 0.240 e. The van der Waals surface area contributed by atoms with Gasteiger partial charge in [0, 0.05) is 10.6 Å². The molecule has 202 valence electrons. The SMILES string of the molecule is Cc1ccccc1-n1nc(-c2cccs2)c2c1N(CC(=O)NCc1ccco1)C(=O)CSC2c1cccc(Cl)c1. The van der Waals surface area contributed by atoms with Gasteiger partial charge in [0.15, 0.2) is 0 Å². The Kier molecular flexibility index (Phi) is 7.51. The number of anilines is 1. The Balaban J connectivity index is 1.53. The Morgan fingerprint density at radius 2 is 2.00 bits per heavy atom. The van der Waals surface area contributed by atoms with Crippen molar-refractivity contribution in [3.8, 4) is 16.3 Å². The largest absolute Gasteiger partial charge is 0.467 e. The molecule has 4 heterocycles. The number of nitrogens with one attached hydrogen (secondary N) is 1. The number of halogens is 1. The monoisotopic (exact) mass is 588 g/mol. The summed E-state index contributed by atoms with van der Waals surface area (Å²) in [6.07, 6.45) is 1.56. The molecule has 0 aliphatic carbocycles. The van der Waals surface area contributed by atoms with Crippen molar-refractivity contribution in [2.45, 2.75) is 18.7 Å². The maximum atomic E-state index is 13.8. The van der Waals surface area contributed by atoms with E-state index in [1.807, 2.05) is 77.6 Å². The van der Waals surface area contributed by atoms with E-state index in [4.69, 9.17) is 21.1 Å². The molecule has 1 atom stereocenters. The molecule has 1 aliphatic heterocycles. The van der Waals surface area contributed by atoms with Gasteiger partial charge in [0.25, 0.3) is 0 Å². The first-order chi connectivity index (χ1) is 19.5. The summed E-state index contributed by atoms with van der Waals surface area (Å²) in [5, 5.41) is 10.4. The summed E-state index contributed by atoms with van der Waals surface area (Å²) >= 11 is 9.54. The van der Waals surface area contributed by atoms with Crippen molar-refractivity contribution >= 4 is 52.3 Å². The number of carbonyl (C=O) groups is 2. The predicted octanol–water partition coefficient (Wildman–Crippen LogP) is 6.64. The van der Waals surface area contributed by atoms with Gasteiger partial charge in [0.1, 0.15) is 23.8 Å². The van der Waals surface area contributed by atoms with Gasteiger partial charge in [0.2, 0.25) is 11.8 Å². The molecule has 0 spiro atoms. The van der Waals surface area contributed by atoms with Gasteiger partial charge in [-0.05, 0) is 59.8 Å². The van der Waals surface area contributed by atoms with Gasteiger partial charge >= 0.3 is 0 Å².